The molecule has 0 amide bonds. The molecule has 2 saturated heterocycles. The molecule has 2 heterocycles. The highest BCUT2D eigenvalue weighted by molar-refractivity contribution is 5.00. The summed E-state index contributed by atoms with van der Waals surface area (Å²) in [6.45, 7) is -0.145. The fraction of sp³-hybridized carbons (Fsp3) is 1.00. The van der Waals surface area contributed by atoms with E-state index in [9.17, 15) is 4.39 Å². The largest absolute Gasteiger partial charge is 0.308 e. The van der Waals surface area contributed by atoms with Crippen LogP contribution in [0.4, 0.5) is 4.39 Å². The molecule has 0 saturated carbocycles. The molecular weight excluding hydrogens is 153 g/mol. The third-order valence-corrected chi connectivity index (χ3v) is 3.48. The van der Waals surface area contributed by atoms with Gasteiger partial charge in [-0.1, -0.05) is 6.42 Å². The average Bonchev–Trinajstić information content (AvgIpc) is 2.40. The van der Waals surface area contributed by atoms with E-state index in [0.29, 0.717) is 5.54 Å². The molecule has 2 unspecified atom stereocenters. The molecule has 70 valence electrons. The topological polar surface area (TPSA) is 12.0 Å². The lowest BCUT2D eigenvalue weighted by molar-refractivity contribution is 0.245. The van der Waals surface area contributed by atoms with Crippen LogP contribution in [0.25, 0.3) is 0 Å². The van der Waals surface area contributed by atoms with E-state index in [1.165, 1.54) is 32.1 Å². The van der Waals surface area contributed by atoms with Gasteiger partial charge in [-0.2, -0.15) is 0 Å². The van der Waals surface area contributed by atoms with Crippen molar-refractivity contribution in [1.82, 2.24) is 5.32 Å². The minimum atomic E-state index is -0.145. The maximum absolute atomic E-state index is 12.0. The summed E-state index contributed by atoms with van der Waals surface area (Å²) >= 11 is 0. The minimum absolute atomic E-state index is 0.145. The Kier molecular flexibility index (Phi) is 2.35. The summed E-state index contributed by atoms with van der Waals surface area (Å²) in [5, 5.41) is 3.67. The molecule has 0 aliphatic carbocycles. The summed E-state index contributed by atoms with van der Waals surface area (Å²) in [4.78, 5) is 0. The normalized spacial score (nSPS) is 40.2. The van der Waals surface area contributed by atoms with E-state index in [-0.39, 0.29) is 6.67 Å². The molecular formula is C10H18FN. The minimum Gasteiger partial charge on any atom is -0.308 e. The van der Waals surface area contributed by atoms with Gasteiger partial charge in [-0.25, -0.2) is 0 Å². The SMILES string of the molecule is FCCCC12CCCC(CC1)N2. The molecule has 2 atom stereocenters. The van der Waals surface area contributed by atoms with E-state index >= 15 is 0 Å². The lowest BCUT2D eigenvalue weighted by Gasteiger charge is -2.34. The van der Waals surface area contributed by atoms with Gasteiger partial charge in [0.1, 0.15) is 0 Å². The molecule has 12 heavy (non-hydrogen) atoms. The van der Waals surface area contributed by atoms with Gasteiger partial charge in [0.25, 0.3) is 0 Å². The molecule has 2 aliphatic heterocycles. The third kappa shape index (κ3) is 1.49. The molecule has 2 fully saturated rings. The van der Waals surface area contributed by atoms with E-state index < -0.39 is 0 Å². The predicted octanol–water partition coefficient (Wildman–Crippen LogP) is 2.41. The first-order valence-corrected chi connectivity index (χ1v) is 5.18. The summed E-state index contributed by atoms with van der Waals surface area (Å²) in [5.41, 5.74) is 0.356. The number of hydrogen-bond acceptors (Lipinski definition) is 1. The van der Waals surface area contributed by atoms with Crippen molar-refractivity contribution in [1.29, 1.82) is 0 Å². The Morgan fingerprint density at radius 3 is 3.08 bits per heavy atom. The second-order valence-electron chi connectivity index (χ2n) is 4.35. The van der Waals surface area contributed by atoms with Gasteiger partial charge in [-0.05, 0) is 38.5 Å². The van der Waals surface area contributed by atoms with Crippen LogP contribution in [-0.4, -0.2) is 18.3 Å². The summed E-state index contributed by atoms with van der Waals surface area (Å²) in [6.07, 6.45) is 8.40. The second-order valence-corrected chi connectivity index (χ2v) is 4.35. The lowest BCUT2D eigenvalue weighted by atomic mass is 9.86. The van der Waals surface area contributed by atoms with Crippen molar-refractivity contribution in [3.05, 3.63) is 0 Å². The molecule has 1 N–H and O–H groups in total. The number of halogens is 1. The number of nitrogens with one attached hydrogen (secondary N) is 1. The van der Waals surface area contributed by atoms with Crippen LogP contribution in [0.3, 0.4) is 0 Å². The van der Waals surface area contributed by atoms with Gasteiger partial charge in [-0.3, -0.25) is 4.39 Å². The Hall–Kier alpha value is -0.110. The fourth-order valence-corrected chi connectivity index (χ4v) is 2.86. The first-order valence-electron chi connectivity index (χ1n) is 5.18. The van der Waals surface area contributed by atoms with Crippen molar-refractivity contribution in [2.75, 3.05) is 6.67 Å². The first-order chi connectivity index (χ1) is 5.85. The molecule has 2 bridgehead atoms. The highest BCUT2D eigenvalue weighted by Crippen LogP contribution is 2.38. The third-order valence-electron chi connectivity index (χ3n) is 3.48. The van der Waals surface area contributed by atoms with Crippen molar-refractivity contribution in [3.8, 4) is 0 Å². The van der Waals surface area contributed by atoms with Crippen LogP contribution in [0.1, 0.15) is 44.9 Å². The van der Waals surface area contributed by atoms with Crippen LogP contribution in [-0.2, 0) is 0 Å². The number of hydrogen-bond donors (Lipinski definition) is 1. The molecule has 1 nitrogen and oxygen atoms in total. The van der Waals surface area contributed by atoms with Gasteiger partial charge >= 0.3 is 0 Å². The fourth-order valence-electron chi connectivity index (χ4n) is 2.86. The summed E-state index contributed by atoms with van der Waals surface area (Å²) in [6, 6.07) is 0.762. The Morgan fingerprint density at radius 1 is 1.33 bits per heavy atom. The van der Waals surface area contributed by atoms with E-state index in [1.807, 2.05) is 0 Å². The van der Waals surface area contributed by atoms with Crippen LogP contribution < -0.4 is 5.32 Å². The van der Waals surface area contributed by atoms with Crippen LogP contribution in [0.5, 0.6) is 0 Å². The van der Waals surface area contributed by atoms with E-state index in [0.717, 1.165) is 18.9 Å². The van der Waals surface area contributed by atoms with Crippen molar-refractivity contribution < 1.29 is 4.39 Å². The molecule has 2 aliphatic rings. The maximum atomic E-state index is 12.0. The Labute approximate surface area is 73.7 Å². The van der Waals surface area contributed by atoms with Crippen molar-refractivity contribution in [3.63, 3.8) is 0 Å². The molecule has 0 aromatic heterocycles. The van der Waals surface area contributed by atoms with Crippen molar-refractivity contribution >= 4 is 0 Å². The highest BCUT2D eigenvalue weighted by Gasteiger charge is 2.40. The van der Waals surface area contributed by atoms with Gasteiger partial charge in [0, 0.05) is 11.6 Å². The zero-order valence-corrected chi connectivity index (χ0v) is 7.61. The summed E-state index contributed by atoms with van der Waals surface area (Å²) in [7, 11) is 0. The average molecular weight is 171 g/mol. The van der Waals surface area contributed by atoms with Gasteiger partial charge < -0.3 is 5.32 Å². The van der Waals surface area contributed by atoms with Crippen molar-refractivity contribution in [2.45, 2.75) is 56.5 Å². The zero-order chi connectivity index (χ0) is 8.44. The van der Waals surface area contributed by atoms with Gasteiger partial charge in [0.2, 0.25) is 0 Å². The smallest absolute Gasteiger partial charge is 0.0895 e. The molecule has 0 spiro atoms. The zero-order valence-electron chi connectivity index (χ0n) is 7.61. The second kappa shape index (κ2) is 3.33. The number of piperidine rings is 1. The monoisotopic (exact) mass is 171 g/mol. The maximum Gasteiger partial charge on any atom is 0.0895 e. The van der Waals surface area contributed by atoms with Gasteiger partial charge in [0.05, 0.1) is 6.67 Å². The summed E-state index contributed by atoms with van der Waals surface area (Å²) < 4.78 is 12.0. The van der Waals surface area contributed by atoms with Crippen LogP contribution in [0.15, 0.2) is 0 Å². The molecule has 2 heteroatoms. The molecule has 0 aromatic carbocycles. The van der Waals surface area contributed by atoms with Crippen LogP contribution in [0, 0.1) is 0 Å². The van der Waals surface area contributed by atoms with E-state index in [1.54, 1.807) is 0 Å². The van der Waals surface area contributed by atoms with Gasteiger partial charge in [0.15, 0.2) is 0 Å². The Morgan fingerprint density at radius 2 is 2.25 bits per heavy atom. The van der Waals surface area contributed by atoms with Crippen LogP contribution in [0.2, 0.25) is 0 Å². The summed E-state index contributed by atoms with van der Waals surface area (Å²) in [5.74, 6) is 0. The number of rotatable bonds is 3. The first kappa shape index (κ1) is 8.49. The Bertz CT molecular complexity index is 156. The Balaban J connectivity index is 1.91. The number of fused-ring (bicyclic) bond motifs is 2. The molecule has 0 aromatic rings. The van der Waals surface area contributed by atoms with Crippen molar-refractivity contribution in [2.24, 2.45) is 0 Å². The quantitative estimate of drug-likeness (QED) is 0.687. The molecule has 2 rings (SSSR count). The highest BCUT2D eigenvalue weighted by atomic mass is 19.1. The standard InChI is InChI=1S/C10H18FN/c11-8-2-6-10-5-1-3-9(12-10)4-7-10/h9,12H,1-8H2. The lowest BCUT2D eigenvalue weighted by Crippen LogP contribution is -2.46. The predicted molar refractivity (Wildman–Crippen MR) is 47.9 cm³/mol. The van der Waals surface area contributed by atoms with Crippen LogP contribution >= 0.6 is 0 Å². The van der Waals surface area contributed by atoms with E-state index in [2.05, 4.69) is 5.32 Å². The molecule has 0 radical (unpaired) electrons. The van der Waals surface area contributed by atoms with E-state index in [4.69, 9.17) is 0 Å². The van der Waals surface area contributed by atoms with Gasteiger partial charge in [-0.15, -0.1) is 0 Å². The number of alkyl halides is 1.